The number of likely N-dealkylation sites (tertiary alicyclic amines) is 1. The molecular formula is C18H22F2N4O. The summed E-state index contributed by atoms with van der Waals surface area (Å²) in [6, 6.07) is 5.60. The van der Waals surface area contributed by atoms with Crippen LogP contribution in [0.1, 0.15) is 34.6 Å². The van der Waals surface area contributed by atoms with E-state index in [-0.39, 0.29) is 24.1 Å². The van der Waals surface area contributed by atoms with Crippen LogP contribution in [0.25, 0.3) is 0 Å². The molecule has 1 N–H and O–H groups in total. The predicted octanol–water partition coefficient (Wildman–Crippen LogP) is 2.40. The minimum atomic E-state index is -0.531. The van der Waals surface area contributed by atoms with Gasteiger partial charge >= 0.3 is 0 Å². The number of carbonyl (C=O) groups excluding carboxylic acids is 1. The van der Waals surface area contributed by atoms with E-state index in [9.17, 15) is 13.6 Å². The van der Waals surface area contributed by atoms with Crippen molar-refractivity contribution in [2.24, 2.45) is 7.05 Å². The van der Waals surface area contributed by atoms with Crippen molar-refractivity contribution in [1.82, 2.24) is 20.0 Å². The molecule has 1 atom stereocenters. The number of halogens is 2. The molecule has 134 valence electrons. The van der Waals surface area contributed by atoms with Gasteiger partial charge in [0.05, 0.1) is 5.69 Å². The van der Waals surface area contributed by atoms with Crippen molar-refractivity contribution in [3.8, 4) is 0 Å². The van der Waals surface area contributed by atoms with Crippen LogP contribution >= 0.6 is 0 Å². The molecular weight excluding hydrogens is 326 g/mol. The first-order chi connectivity index (χ1) is 11.9. The van der Waals surface area contributed by atoms with Crippen LogP contribution in [0.2, 0.25) is 0 Å². The molecule has 0 aliphatic carbocycles. The number of nitrogens with zero attached hydrogens (tertiary/aromatic N) is 3. The van der Waals surface area contributed by atoms with Crippen LogP contribution < -0.4 is 5.32 Å². The largest absolute Gasteiger partial charge is 0.347 e. The van der Waals surface area contributed by atoms with Gasteiger partial charge in [-0.2, -0.15) is 5.10 Å². The van der Waals surface area contributed by atoms with E-state index in [1.54, 1.807) is 17.8 Å². The van der Waals surface area contributed by atoms with Crippen LogP contribution in [0.4, 0.5) is 8.78 Å². The Morgan fingerprint density at radius 3 is 2.72 bits per heavy atom. The number of aromatic nitrogens is 2. The van der Waals surface area contributed by atoms with E-state index in [0.29, 0.717) is 12.2 Å². The fourth-order valence-electron chi connectivity index (χ4n) is 3.31. The Morgan fingerprint density at radius 1 is 1.36 bits per heavy atom. The first-order valence-corrected chi connectivity index (χ1v) is 8.41. The molecule has 0 bridgehead atoms. The van der Waals surface area contributed by atoms with Gasteiger partial charge in [0.25, 0.3) is 5.91 Å². The Balaban J connectivity index is 1.63. The first kappa shape index (κ1) is 17.5. The highest BCUT2D eigenvalue weighted by molar-refractivity contribution is 5.92. The van der Waals surface area contributed by atoms with Gasteiger partial charge < -0.3 is 5.32 Å². The second-order valence-electron chi connectivity index (χ2n) is 6.54. The van der Waals surface area contributed by atoms with Crippen molar-refractivity contribution in [2.45, 2.75) is 32.4 Å². The number of hydrogen-bond acceptors (Lipinski definition) is 3. The van der Waals surface area contributed by atoms with Crippen molar-refractivity contribution < 1.29 is 13.6 Å². The molecule has 1 aromatic carbocycles. The number of hydrogen-bond donors (Lipinski definition) is 1. The van der Waals surface area contributed by atoms with Gasteiger partial charge in [0.1, 0.15) is 17.3 Å². The lowest BCUT2D eigenvalue weighted by Crippen LogP contribution is -2.47. The average molecular weight is 348 g/mol. The van der Waals surface area contributed by atoms with Crippen molar-refractivity contribution >= 4 is 5.91 Å². The molecule has 2 aromatic rings. The van der Waals surface area contributed by atoms with Gasteiger partial charge in [0.15, 0.2) is 0 Å². The van der Waals surface area contributed by atoms with Crippen LogP contribution in [0, 0.1) is 18.6 Å². The molecule has 1 saturated heterocycles. The van der Waals surface area contributed by atoms with Gasteiger partial charge in [-0.1, -0.05) is 6.07 Å². The highest BCUT2D eigenvalue weighted by Gasteiger charge is 2.24. The monoisotopic (exact) mass is 348 g/mol. The predicted molar refractivity (Wildman–Crippen MR) is 90.1 cm³/mol. The fourth-order valence-corrected chi connectivity index (χ4v) is 3.31. The third kappa shape index (κ3) is 4.04. The molecule has 25 heavy (non-hydrogen) atoms. The zero-order chi connectivity index (χ0) is 18.0. The molecule has 1 aliphatic heterocycles. The lowest BCUT2D eigenvalue weighted by molar-refractivity contribution is 0.0890. The Morgan fingerprint density at radius 2 is 2.08 bits per heavy atom. The van der Waals surface area contributed by atoms with Gasteiger partial charge in [-0.25, -0.2) is 8.78 Å². The minimum Gasteiger partial charge on any atom is -0.347 e. The van der Waals surface area contributed by atoms with Crippen molar-refractivity contribution in [1.29, 1.82) is 0 Å². The molecule has 0 spiro atoms. The van der Waals surface area contributed by atoms with Crippen LogP contribution in [0.3, 0.4) is 0 Å². The number of benzene rings is 1. The summed E-state index contributed by atoms with van der Waals surface area (Å²) in [5.41, 5.74) is 1.37. The first-order valence-electron chi connectivity index (χ1n) is 8.41. The quantitative estimate of drug-likeness (QED) is 0.923. The molecule has 1 aliphatic rings. The molecule has 1 aromatic heterocycles. The van der Waals surface area contributed by atoms with Gasteiger partial charge in [-0.15, -0.1) is 0 Å². The van der Waals surface area contributed by atoms with E-state index >= 15 is 0 Å². The van der Waals surface area contributed by atoms with E-state index < -0.39 is 11.6 Å². The normalized spacial score (nSPS) is 18.3. The number of aryl methyl sites for hydroxylation is 2. The highest BCUT2D eigenvalue weighted by atomic mass is 19.1. The van der Waals surface area contributed by atoms with Gasteiger partial charge in [-0.3, -0.25) is 14.4 Å². The standard InChI is InChI=1S/C18H22F2N4O/c1-12-9-17(23(2)22-12)18(25)21-13-5-4-8-24(10-13)11-14-15(19)6-3-7-16(14)20/h3,6-7,9,13H,4-5,8,10-11H2,1-2H3,(H,21,25)/t13-/m0/s1. The third-order valence-electron chi connectivity index (χ3n) is 4.52. The smallest absolute Gasteiger partial charge is 0.269 e. The molecule has 0 unspecified atom stereocenters. The number of rotatable bonds is 4. The Kier molecular flexibility index (Phi) is 5.13. The van der Waals surface area contributed by atoms with Gasteiger partial charge in [-0.05, 0) is 44.5 Å². The van der Waals surface area contributed by atoms with Gasteiger partial charge in [0.2, 0.25) is 0 Å². The Labute approximate surface area is 145 Å². The fraction of sp³-hybridized carbons (Fsp3) is 0.444. The number of carbonyl (C=O) groups is 1. The summed E-state index contributed by atoms with van der Waals surface area (Å²) in [5.74, 6) is -1.24. The third-order valence-corrected chi connectivity index (χ3v) is 4.52. The molecule has 0 radical (unpaired) electrons. The Bertz CT molecular complexity index is 754. The van der Waals surface area contributed by atoms with E-state index in [2.05, 4.69) is 10.4 Å². The van der Waals surface area contributed by atoms with Crippen molar-refractivity contribution in [3.05, 3.63) is 52.9 Å². The molecule has 3 rings (SSSR count). The molecule has 1 fully saturated rings. The average Bonchev–Trinajstić information content (AvgIpc) is 2.90. The van der Waals surface area contributed by atoms with Crippen LogP contribution in [0.5, 0.6) is 0 Å². The van der Waals surface area contributed by atoms with Crippen LogP contribution in [-0.2, 0) is 13.6 Å². The zero-order valence-corrected chi connectivity index (χ0v) is 14.4. The summed E-state index contributed by atoms with van der Waals surface area (Å²) in [7, 11) is 1.73. The lowest BCUT2D eigenvalue weighted by atomic mass is 10.0. The second kappa shape index (κ2) is 7.31. The molecule has 1 amide bonds. The summed E-state index contributed by atoms with van der Waals surface area (Å²) in [6.07, 6.45) is 1.71. The maximum absolute atomic E-state index is 13.8. The highest BCUT2D eigenvalue weighted by Crippen LogP contribution is 2.18. The second-order valence-corrected chi connectivity index (χ2v) is 6.54. The van der Waals surface area contributed by atoms with E-state index in [4.69, 9.17) is 0 Å². The molecule has 0 saturated carbocycles. The zero-order valence-electron chi connectivity index (χ0n) is 14.4. The number of amides is 1. The maximum atomic E-state index is 13.8. The maximum Gasteiger partial charge on any atom is 0.269 e. The van der Waals surface area contributed by atoms with E-state index in [0.717, 1.165) is 25.1 Å². The number of piperidine rings is 1. The van der Waals surface area contributed by atoms with Crippen molar-refractivity contribution in [2.75, 3.05) is 13.1 Å². The summed E-state index contributed by atoms with van der Waals surface area (Å²) < 4.78 is 29.2. The summed E-state index contributed by atoms with van der Waals surface area (Å²) in [6.45, 7) is 3.36. The van der Waals surface area contributed by atoms with Gasteiger partial charge in [0, 0.05) is 31.7 Å². The molecule has 7 heteroatoms. The van der Waals surface area contributed by atoms with E-state index in [1.165, 1.54) is 18.2 Å². The summed E-state index contributed by atoms with van der Waals surface area (Å²) in [5, 5.41) is 7.18. The Hall–Kier alpha value is -2.28. The molecule has 2 heterocycles. The van der Waals surface area contributed by atoms with E-state index in [1.807, 2.05) is 11.8 Å². The number of nitrogens with one attached hydrogen (secondary N) is 1. The molecule has 5 nitrogen and oxygen atoms in total. The lowest BCUT2D eigenvalue weighted by Gasteiger charge is -2.33. The topological polar surface area (TPSA) is 50.2 Å². The van der Waals surface area contributed by atoms with Crippen LogP contribution in [-0.4, -0.2) is 39.7 Å². The van der Waals surface area contributed by atoms with Crippen molar-refractivity contribution in [3.63, 3.8) is 0 Å². The van der Waals surface area contributed by atoms with Crippen LogP contribution in [0.15, 0.2) is 24.3 Å². The SMILES string of the molecule is Cc1cc(C(=O)N[C@H]2CCCN(Cc3c(F)cccc3F)C2)n(C)n1. The summed E-state index contributed by atoms with van der Waals surface area (Å²) >= 11 is 0. The minimum absolute atomic E-state index is 0.0497. The summed E-state index contributed by atoms with van der Waals surface area (Å²) in [4.78, 5) is 14.4.